The van der Waals surface area contributed by atoms with Crippen molar-refractivity contribution >= 4 is 33.2 Å². The van der Waals surface area contributed by atoms with Crippen molar-refractivity contribution in [2.45, 2.75) is 32.9 Å². The molecule has 0 unspecified atom stereocenters. The maximum Gasteiger partial charge on any atom is 0.244 e. The standard InChI is InChI=1S/C21H25ClN2O5S/c1-13-5-7-17(22)12-18(13)24(30(4,26)27)15(3)21(25)23-14(2)16-6-8-19-20(11-16)29-10-9-28-19/h5-8,11-12,14-15H,9-10H2,1-4H3,(H,23,25)/t14-,15-/m0/s1. The van der Waals surface area contributed by atoms with Crippen LogP contribution in [0.2, 0.25) is 5.02 Å². The number of nitrogens with one attached hydrogen (secondary N) is 1. The van der Waals surface area contributed by atoms with Gasteiger partial charge in [0, 0.05) is 5.02 Å². The fraction of sp³-hybridized carbons (Fsp3) is 0.381. The van der Waals surface area contributed by atoms with E-state index in [2.05, 4.69) is 5.32 Å². The number of hydrogen-bond donors (Lipinski definition) is 1. The molecule has 3 rings (SSSR count). The van der Waals surface area contributed by atoms with Crippen molar-refractivity contribution in [1.82, 2.24) is 5.32 Å². The van der Waals surface area contributed by atoms with Crippen molar-refractivity contribution in [3.63, 3.8) is 0 Å². The number of hydrogen-bond acceptors (Lipinski definition) is 5. The third kappa shape index (κ3) is 4.82. The van der Waals surface area contributed by atoms with Gasteiger partial charge in [0.2, 0.25) is 15.9 Å². The van der Waals surface area contributed by atoms with E-state index in [0.717, 1.165) is 16.1 Å². The first kappa shape index (κ1) is 22.2. The quantitative estimate of drug-likeness (QED) is 0.725. The molecule has 30 heavy (non-hydrogen) atoms. The van der Waals surface area contributed by atoms with Gasteiger partial charge in [-0.25, -0.2) is 8.42 Å². The highest BCUT2D eigenvalue weighted by Crippen LogP contribution is 2.33. The summed E-state index contributed by atoms with van der Waals surface area (Å²) < 4.78 is 37.3. The zero-order valence-corrected chi connectivity index (χ0v) is 18.9. The number of fused-ring (bicyclic) bond motifs is 1. The van der Waals surface area contributed by atoms with Crippen LogP contribution < -0.4 is 19.1 Å². The average Bonchev–Trinajstić information content (AvgIpc) is 2.69. The topological polar surface area (TPSA) is 84.9 Å². The third-order valence-corrected chi connectivity index (χ3v) is 6.38. The molecule has 2 aromatic rings. The summed E-state index contributed by atoms with van der Waals surface area (Å²) >= 11 is 6.07. The van der Waals surface area contributed by atoms with E-state index in [4.69, 9.17) is 21.1 Å². The lowest BCUT2D eigenvalue weighted by Gasteiger charge is -2.30. The number of carbonyl (C=O) groups is 1. The summed E-state index contributed by atoms with van der Waals surface area (Å²) in [5.74, 6) is 0.860. The Kier molecular flexibility index (Phi) is 6.47. The highest BCUT2D eigenvalue weighted by atomic mass is 35.5. The van der Waals surface area contributed by atoms with Gasteiger partial charge in [0.25, 0.3) is 0 Å². The number of sulfonamides is 1. The highest BCUT2D eigenvalue weighted by molar-refractivity contribution is 7.92. The van der Waals surface area contributed by atoms with Gasteiger partial charge in [0.15, 0.2) is 11.5 Å². The van der Waals surface area contributed by atoms with Gasteiger partial charge in [-0.05, 0) is 56.2 Å². The van der Waals surface area contributed by atoms with E-state index in [-0.39, 0.29) is 6.04 Å². The molecule has 1 heterocycles. The van der Waals surface area contributed by atoms with E-state index >= 15 is 0 Å². The van der Waals surface area contributed by atoms with Crippen molar-refractivity contribution in [1.29, 1.82) is 0 Å². The monoisotopic (exact) mass is 452 g/mol. The number of nitrogens with zero attached hydrogens (tertiary/aromatic N) is 1. The molecular weight excluding hydrogens is 428 g/mol. The fourth-order valence-electron chi connectivity index (χ4n) is 3.35. The summed E-state index contributed by atoms with van der Waals surface area (Å²) in [6, 6.07) is 9.07. The first-order valence-electron chi connectivity index (χ1n) is 9.53. The summed E-state index contributed by atoms with van der Waals surface area (Å²) in [5, 5.41) is 3.28. The summed E-state index contributed by atoms with van der Waals surface area (Å²) in [4.78, 5) is 13.0. The molecule has 2 atom stereocenters. The van der Waals surface area contributed by atoms with Crippen LogP contribution in [-0.4, -0.2) is 39.8 Å². The number of benzene rings is 2. The Bertz CT molecular complexity index is 1060. The number of ether oxygens (including phenoxy) is 2. The van der Waals surface area contributed by atoms with Crippen molar-refractivity contribution in [2.24, 2.45) is 0 Å². The minimum atomic E-state index is -3.74. The SMILES string of the molecule is Cc1ccc(Cl)cc1N([C@@H](C)C(=O)N[C@@H](C)c1ccc2c(c1)OCCO2)S(C)(=O)=O. The van der Waals surface area contributed by atoms with Gasteiger partial charge < -0.3 is 14.8 Å². The van der Waals surface area contributed by atoms with Gasteiger partial charge in [-0.3, -0.25) is 9.10 Å². The Hall–Kier alpha value is -2.45. The van der Waals surface area contributed by atoms with Crippen molar-refractivity contribution < 1.29 is 22.7 Å². The van der Waals surface area contributed by atoms with Crippen LogP contribution in [0.1, 0.15) is 31.0 Å². The van der Waals surface area contributed by atoms with E-state index < -0.39 is 22.0 Å². The molecule has 162 valence electrons. The molecule has 0 saturated heterocycles. The van der Waals surface area contributed by atoms with E-state index in [0.29, 0.717) is 41.0 Å². The molecule has 2 aromatic carbocycles. The molecule has 9 heteroatoms. The van der Waals surface area contributed by atoms with Crippen LogP contribution in [-0.2, 0) is 14.8 Å². The van der Waals surface area contributed by atoms with Crippen molar-refractivity contribution in [3.8, 4) is 11.5 Å². The second kappa shape index (κ2) is 8.73. The van der Waals surface area contributed by atoms with Gasteiger partial charge in [-0.2, -0.15) is 0 Å². The molecule has 0 spiro atoms. The van der Waals surface area contributed by atoms with Crippen molar-refractivity contribution in [2.75, 3.05) is 23.8 Å². The first-order valence-corrected chi connectivity index (χ1v) is 11.8. The van der Waals surface area contributed by atoms with Gasteiger partial charge in [0.05, 0.1) is 18.0 Å². The first-order chi connectivity index (χ1) is 14.1. The summed E-state index contributed by atoms with van der Waals surface area (Å²) in [6.07, 6.45) is 1.07. The number of amides is 1. The van der Waals surface area contributed by atoms with Crippen LogP contribution in [0.15, 0.2) is 36.4 Å². The molecule has 7 nitrogen and oxygen atoms in total. The molecule has 0 aromatic heterocycles. The second-order valence-corrected chi connectivity index (χ2v) is 9.59. The van der Waals surface area contributed by atoms with E-state index in [9.17, 15) is 13.2 Å². The predicted octanol–water partition coefficient (Wildman–Crippen LogP) is 3.45. The fourth-order valence-corrected chi connectivity index (χ4v) is 4.74. The number of anilines is 1. The Labute approximate surface area is 182 Å². The molecule has 1 aliphatic heterocycles. The molecule has 0 fully saturated rings. The van der Waals surface area contributed by atoms with Crippen molar-refractivity contribution in [3.05, 3.63) is 52.5 Å². The number of rotatable bonds is 6. The zero-order chi connectivity index (χ0) is 22.1. The normalized spacial score (nSPS) is 15.2. The average molecular weight is 453 g/mol. The largest absolute Gasteiger partial charge is 0.486 e. The molecule has 1 amide bonds. The van der Waals surface area contributed by atoms with E-state index in [1.807, 2.05) is 19.1 Å². The Balaban J connectivity index is 1.83. The lowest BCUT2D eigenvalue weighted by molar-refractivity contribution is -0.122. The minimum absolute atomic E-state index is 0.363. The Morgan fingerprint density at radius 1 is 1.10 bits per heavy atom. The Morgan fingerprint density at radius 3 is 2.43 bits per heavy atom. The highest BCUT2D eigenvalue weighted by Gasteiger charge is 2.31. The summed E-state index contributed by atoms with van der Waals surface area (Å²) in [7, 11) is -3.74. The van der Waals surface area contributed by atoms with Crippen LogP contribution in [0, 0.1) is 6.92 Å². The number of carbonyl (C=O) groups excluding carboxylic acids is 1. The number of halogens is 1. The second-order valence-electron chi connectivity index (χ2n) is 7.30. The molecular formula is C21H25ClN2O5S. The maximum atomic E-state index is 13.0. The van der Waals surface area contributed by atoms with Crippen LogP contribution in [0.25, 0.3) is 0 Å². The molecule has 0 radical (unpaired) electrons. The summed E-state index contributed by atoms with van der Waals surface area (Å²) in [5.41, 5.74) is 1.90. The maximum absolute atomic E-state index is 13.0. The molecule has 1 N–H and O–H groups in total. The zero-order valence-electron chi connectivity index (χ0n) is 17.3. The third-order valence-electron chi connectivity index (χ3n) is 4.92. The lowest BCUT2D eigenvalue weighted by Crippen LogP contribution is -2.48. The number of aryl methyl sites for hydroxylation is 1. The van der Waals surface area contributed by atoms with Gasteiger partial charge in [-0.15, -0.1) is 0 Å². The molecule has 1 aliphatic rings. The molecule has 0 bridgehead atoms. The smallest absolute Gasteiger partial charge is 0.244 e. The van der Waals surface area contributed by atoms with Gasteiger partial charge in [-0.1, -0.05) is 23.7 Å². The van der Waals surface area contributed by atoms with E-state index in [1.165, 1.54) is 0 Å². The predicted molar refractivity (Wildman–Crippen MR) is 117 cm³/mol. The van der Waals surface area contributed by atoms with Gasteiger partial charge >= 0.3 is 0 Å². The lowest BCUT2D eigenvalue weighted by atomic mass is 10.1. The van der Waals surface area contributed by atoms with Crippen LogP contribution in [0.3, 0.4) is 0 Å². The van der Waals surface area contributed by atoms with Crippen LogP contribution in [0.5, 0.6) is 11.5 Å². The van der Waals surface area contributed by atoms with Gasteiger partial charge in [0.1, 0.15) is 19.3 Å². The van der Waals surface area contributed by atoms with E-state index in [1.54, 1.807) is 38.1 Å². The van der Waals surface area contributed by atoms with Crippen LogP contribution >= 0.6 is 11.6 Å². The Morgan fingerprint density at radius 2 is 1.77 bits per heavy atom. The van der Waals surface area contributed by atoms with Crippen LogP contribution in [0.4, 0.5) is 5.69 Å². The minimum Gasteiger partial charge on any atom is -0.486 e. The summed E-state index contributed by atoms with van der Waals surface area (Å²) in [6.45, 7) is 6.11. The molecule has 0 aliphatic carbocycles. The molecule has 0 saturated carbocycles.